The van der Waals surface area contributed by atoms with Crippen LogP contribution in [0.3, 0.4) is 0 Å². The Balaban J connectivity index is 0. The highest BCUT2D eigenvalue weighted by Crippen LogP contribution is 2.36. The molecule has 0 radical (unpaired) electrons. The van der Waals surface area contributed by atoms with E-state index in [0.29, 0.717) is 12.2 Å². The molecule has 8 nitrogen and oxygen atoms in total. The van der Waals surface area contributed by atoms with E-state index in [2.05, 4.69) is 27.6 Å². The molecule has 0 spiro atoms. The Kier molecular flexibility index (Phi) is 16.9. The topological polar surface area (TPSA) is 109 Å². The number of rotatable bonds is 16. The quantitative estimate of drug-likeness (QED) is 0.0740. The van der Waals surface area contributed by atoms with Crippen LogP contribution in [0.1, 0.15) is 71.6 Å². The van der Waals surface area contributed by atoms with E-state index < -0.39 is 31.1 Å². The normalized spacial score (nSPS) is 13.0. The van der Waals surface area contributed by atoms with E-state index in [1.807, 2.05) is 0 Å². The van der Waals surface area contributed by atoms with Crippen molar-refractivity contribution in [2.24, 2.45) is 0 Å². The molecule has 0 aromatic carbocycles. The van der Waals surface area contributed by atoms with Crippen molar-refractivity contribution in [2.75, 3.05) is 33.8 Å². The van der Waals surface area contributed by atoms with Crippen LogP contribution in [-0.4, -0.2) is 72.1 Å². The zero-order chi connectivity index (χ0) is 29.6. The lowest BCUT2D eigenvalue weighted by atomic mass is 10.1. The number of esters is 1. The molecule has 0 amide bonds. The Bertz CT molecular complexity index is 859. The molecule has 0 aliphatic heterocycles. The summed E-state index contributed by atoms with van der Waals surface area (Å²) in [5.74, 6) is -0.263. The number of carbonyl (C=O) groups excluding carboxylic acids is 1. The maximum Gasteiger partial charge on any atom is 0.480 e. The summed E-state index contributed by atoms with van der Waals surface area (Å²) in [6.45, 7) is 10.6. The van der Waals surface area contributed by atoms with Crippen molar-refractivity contribution in [3.05, 3.63) is 16.3 Å². The molecule has 0 saturated heterocycles. The van der Waals surface area contributed by atoms with Crippen LogP contribution < -0.4 is 0 Å². The summed E-state index contributed by atoms with van der Waals surface area (Å²) in [4.78, 5) is 11.2. The minimum Gasteiger partial charge on any atom is -0.462 e. The lowest BCUT2D eigenvalue weighted by molar-refractivity contribution is -0.890. The molecule has 0 aliphatic carbocycles. The second kappa shape index (κ2) is 16.5. The third kappa shape index (κ3) is 17.7. The zero-order valence-corrected chi connectivity index (χ0v) is 23.3. The zero-order valence-electron chi connectivity index (χ0n) is 21.6. The van der Waals surface area contributed by atoms with Gasteiger partial charge in [-0.1, -0.05) is 32.8 Å². The molecule has 37 heavy (non-hydrogen) atoms. The molecule has 0 aromatic rings. The lowest BCUT2D eigenvalue weighted by Gasteiger charge is -2.30. The Morgan fingerprint density at radius 2 is 1.16 bits per heavy atom. The summed E-state index contributed by atoms with van der Waals surface area (Å²) in [6, 6.07) is 0. The number of unbranched alkanes of at least 4 members (excludes halogenated alkanes) is 7. The summed E-state index contributed by atoms with van der Waals surface area (Å²) in [7, 11) is -8.76. The molecule has 0 N–H and O–H groups in total. The Labute approximate surface area is 216 Å². The standard InChI is InChI=1S/C19H38NO2.C2F6NO4S2/c1-6-7-8-9-12-15-20(4,5)16-13-10-11-14-17-22-19(21)18(2)3;3-1(4,5)14(10,11)9-15(12,13)2(6,7)8/h2,6-17H2,1,3-5H3;/q+1;-1. The smallest absolute Gasteiger partial charge is 0.462 e. The highest BCUT2D eigenvalue weighted by Gasteiger charge is 2.46. The van der Waals surface area contributed by atoms with E-state index in [9.17, 15) is 48.0 Å². The van der Waals surface area contributed by atoms with E-state index in [-0.39, 0.29) is 5.97 Å². The van der Waals surface area contributed by atoms with Gasteiger partial charge in [0.05, 0.1) is 33.8 Å². The van der Waals surface area contributed by atoms with Gasteiger partial charge in [0.25, 0.3) is 0 Å². The van der Waals surface area contributed by atoms with Crippen LogP contribution in [-0.2, 0) is 29.6 Å². The molecule has 0 atom stereocenters. The number of sulfonamides is 2. The molecular weight excluding hydrogens is 554 g/mol. The third-order valence-electron chi connectivity index (χ3n) is 4.89. The van der Waals surface area contributed by atoms with Crippen molar-refractivity contribution in [3.8, 4) is 0 Å². The number of hydrogen-bond donors (Lipinski definition) is 0. The minimum absolute atomic E-state index is 0.263. The van der Waals surface area contributed by atoms with Crippen LogP contribution in [0.15, 0.2) is 12.2 Å². The van der Waals surface area contributed by atoms with Crippen LogP contribution >= 0.6 is 0 Å². The highest BCUT2D eigenvalue weighted by atomic mass is 32.3. The molecule has 0 rings (SSSR count). The fourth-order valence-electron chi connectivity index (χ4n) is 2.75. The van der Waals surface area contributed by atoms with Crippen molar-refractivity contribution >= 4 is 26.0 Å². The fraction of sp³-hybridized carbons (Fsp3) is 0.857. The van der Waals surface area contributed by atoms with Gasteiger partial charge in [-0.3, -0.25) is 0 Å². The molecular formula is C21H38F6N2O6S2. The maximum absolute atomic E-state index is 11.4. The average molecular weight is 593 g/mol. The van der Waals surface area contributed by atoms with Crippen LogP contribution in [0.5, 0.6) is 0 Å². The van der Waals surface area contributed by atoms with Crippen molar-refractivity contribution in [1.29, 1.82) is 0 Å². The second-order valence-electron chi connectivity index (χ2n) is 9.04. The first-order valence-corrected chi connectivity index (χ1v) is 14.5. The molecule has 0 aromatic heterocycles. The van der Waals surface area contributed by atoms with Gasteiger partial charge >= 0.3 is 17.0 Å². The number of halogens is 6. The number of alkyl halides is 6. The molecule has 0 unspecified atom stereocenters. The summed E-state index contributed by atoms with van der Waals surface area (Å²) in [5.41, 5.74) is -11.9. The second-order valence-corrected chi connectivity index (χ2v) is 12.5. The fourth-order valence-corrected chi connectivity index (χ4v) is 4.46. The highest BCUT2D eigenvalue weighted by molar-refractivity contribution is 8.13. The molecule has 0 heterocycles. The van der Waals surface area contributed by atoms with Gasteiger partial charge in [-0.25, -0.2) is 21.6 Å². The van der Waals surface area contributed by atoms with E-state index in [4.69, 9.17) is 4.74 Å². The Morgan fingerprint density at radius 1 is 0.784 bits per heavy atom. The number of hydrogen-bond acceptors (Lipinski definition) is 6. The van der Waals surface area contributed by atoms with Gasteiger partial charge in [-0.05, 0) is 45.4 Å². The average Bonchev–Trinajstić information content (AvgIpc) is 2.70. The number of ether oxygens (including phenoxy) is 1. The third-order valence-corrected chi connectivity index (χ3v) is 7.63. The van der Waals surface area contributed by atoms with Gasteiger partial charge in [0.1, 0.15) is 0 Å². The van der Waals surface area contributed by atoms with Crippen LogP contribution in [0, 0.1) is 0 Å². The summed E-state index contributed by atoms with van der Waals surface area (Å²) < 4.78 is 115. The summed E-state index contributed by atoms with van der Waals surface area (Å²) in [5, 5.41) is 0. The van der Waals surface area contributed by atoms with E-state index in [1.54, 1.807) is 6.92 Å². The molecule has 0 bridgehead atoms. The monoisotopic (exact) mass is 592 g/mol. The Morgan fingerprint density at radius 3 is 1.51 bits per heavy atom. The Hall–Kier alpha value is -1.39. The summed E-state index contributed by atoms with van der Waals surface area (Å²) in [6.07, 6.45) is 11.4. The van der Waals surface area contributed by atoms with E-state index >= 15 is 0 Å². The largest absolute Gasteiger partial charge is 0.480 e. The lowest BCUT2D eigenvalue weighted by Crippen LogP contribution is -2.41. The van der Waals surface area contributed by atoms with Gasteiger partial charge in [0, 0.05) is 5.57 Å². The first-order chi connectivity index (χ1) is 16.6. The summed E-state index contributed by atoms with van der Waals surface area (Å²) >= 11 is 0. The predicted octanol–water partition coefficient (Wildman–Crippen LogP) is 5.77. The molecule has 0 aliphatic rings. The van der Waals surface area contributed by atoms with Gasteiger partial charge in [0.15, 0.2) is 20.0 Å². The maximum atomic E-state index is 11.4. The van der Waals surface area contributed by atoms with Gasteiger partial charge in [0.2, 0.25) is 0 Å². The molecule has 0 fully saturated rings. The van der Waals surface area contributed by atoms with Crippen LogP contribution in [0.25, 0.3) is 4.13 Å². The molecule has 222 valence electrons. The minimum atomic E-state index is -6.72. The first kappa shape index (κ1) is 37.8. The van der Waals surface area contributed by atoms with E-state index in [1.165, 1.54) is 58.0 Å². The van der Waals surface area contributed by atoms with Crippen molar-refractivity contribution in [2.45, 2.75) is 82.7 Å². The number of nitrogens with zero attached hydrogens (tertiary/aromatic N) is 2. The van der Waals surface area contributed by atoms with Gasteiger partial charge in [-0.15, -0.1) is 0 Å². The van der Waals surface area contributed by atoms with Crippen molar-refractivity contribution in [1.82, 2.24) is 0 Å². The van der Waals surface area contributed by atoms with Crippen molar-refractivity contribution < 1.29 is 57.2 Å². The van der Waals surface area contributed by atoms with Gasteiger partial charge < -0.3 is 13.3 Å². The predicted molar refractivity (Wildman–Crippen MR) is 128 cm³/mol. The number of quaternary nitrogens is 1. The van der Waals surface area contributed by atoms with Gasteiger partial charge in [-0.2, -0.15) is 26.3 Å². The van der Waals surface area contributed by atoms with Crippen LogP contribution in [0.4, 0.5) is 26.3 Å². The van der Waals surface area contributed by atoms with Crippen LogP contribution in [0.2, 0.25) is 0 Å². The number of carbonyl (C=O) groups is 1. The molecule has 0 saturated carbocycles. The molecule has 16 heteroatoms. The van der Waals surface area contributed by atoms with Crippen molar-refractivity contribution in [3.63, 3.8) is 0 Å². The van der Waals surface area contributed by atoms with E-state index in [0.717, 1.165) is 21.5 Å². The SMILES string of the molecule is C=C(C)C(=O)OCCCCCC[N+](C)(C)CCCCCCC.O=S(=O)([N-]S(=O)(=O)C(F)(F)F)C(F)(F)F. The first-order valence-electron chi connectivity index (χ1n) is 11.6.